The highest BCUT2D eigenvalue weighted by Gasteiger charge is 2.26. The van der Waals surface area contributed by atoms with Crippen LogP contribution in [-0.2, 0) is 20.0 Å². The first-order valence-corrected chi connectivity index (χ1v) is 15.6. The summed E-state index contributed by atoms with van der Waals surface area (Å²) in [6.45, 7) is 4.49. The van der Waals surface area contributed by atoms with Crippen molar-refractivity contribution in [1.29, 1.82) is 0 Å². The van der Waals surface area contributed by atoms with Gasteiger partial charge in [-0.1, -0.05) is 41.4 Å². The Labute approximate surface area is 225 Å². The van der Waals surface area contributed by atoms with Crippen molar-refractivity contribution in [2.75, 3.05) is 17.8 Å². The number of anilines is 1. The molecule has 36 heavy (non-hydrogen) atoms. The van der Waals surface area contributed by atoms with Gasteiger partial charge in [0.2, 0.25) is 10.0 Å². The van der Waals surface area contributed by atoms with Crippen molar-refractivity contribution in [2.45, 2.75) is 52.8 Å². The van der Waals surface area contributed by atoms with Gasteiger partial charge in [-0.15, -0.1) is 10.2 Å². The van der Waals surface area contributed by atoms with E-state index in [9.17, 15) is 16.8 Å². The Hall–Kier alpha value is -1.89. The molecule has 0 radical (unpaired) electrons. The molecule has 192 valence electrons. The third-order valence-electron chi connectivity index (χ3n) is 5.69. The molecule has 2 aromatic carbocycles. The van der Waals surface area contributed by atoms with Crippen LogP contribution < -0.4 is 4.72 Å². The van der Waals surface area contributed by atoms with E-state index in [1.807, 2.05) is 0 Å². The number of nitrogens with one attached hydrogen (secondary N) is 1. The zero-order valence-electron chi connectivity index (χ0n) is 19.5. The Balaban J connectivity index is 1.48. The molecular formula is C23H24Cl2N4O4S3. The monoisotopic (exact) mass is 586 g/mol. The van der Waals surface area contributed by atoms with Gasteiger partial charge in [0, 0.05) is 23.0 Å². The molecule has 0 spiro atoms. The van der Waals surface area contributed by atoms with Gasteiger partial charge in [-0.05, 0) is 80.3 Å². The molecule has 1 fully saturated rings. The van der Waals surface area contributed by atoms with Crippen LogP contribution in [0.4, 0.5) is 5.82 Å². The molecule has 13 heteroatoms. The molecule has 1 aliphatic rings. The second kappa shape index (κ2) is 10.8. The predicted molar refractivity (Wildman–Crippen MR) is 142 cm³/mol. The van der Waals surface area contributed by atoms with Gasteiger partial charge in [0.05, 0.1) is 9.92 Å². The van der Waals surface area contributed by atoms with Crippen LogP contribution in [0.15, 0.2) is 62.2 Å². The Kier molecular flexibility index (Phi) is 8.18. The van der Waals surface area contributed by atoms with E-state index in [1.165, 1.54) is 28.2 Å². The highest BCUT2D eigenvalue weighted by molar-refractivity contribution is 7.99. The minimum absolute atomic E-state index is 0.00151. The zero-order valence-corrected chi connectivity index (χ0v) is 23.5. The summed E-state index contributed by atoms with van der Waals surface area (Å²) in [5, 5.41) is 9.06. The van der Waals surface area contributed by atoms with E-state index in [1.54, 1.807) is 44.2 Å². The number of rotatable bonds is 7. The van der Waals surface area contributed by atoms with Gasteiger partial charge < -0.3 is 0 Å². The van der Waals surface area contributed by atoms with Crippen molar-refractivity contribution >= 4 is 60.8 Å². The van der Waals surface area contributed by atoms with Gasteiger partial charge in [0.15, 0.2) is 5.82 Å². The molecule has 0 atom stereocenters. The largest absolute Gasteiger partial charge is 0.264 e. The van der Waals surface area contributed by atoms with Crippen LogP contribution in [0, 0.1) is 13.8 Å². The van der Waals surface area contributed by atoms with Crippen LogP contribution >= 0.6 is 35.0 Å². The smallest absolute Gasteiger partial charge is 0.262 e. The summed E-state index contributed by atoms with van der Waals surface area (Å²) < 4.78 is 55.4. The molecule has 3 aromatic rings. The number of benzene rings is 2. The van der Waals surface area contributed by atoms with E-state index in [4.69, 9.17) is 23.2 Å². The highest BCUT2D eigenvalue weighted by atomic mass is 35.5. The van der Waals surface area contributed by atoms with Gasteiger partial charge in [-0.3, -0.25) is 4.72 Å². The Morgan fingerprint density at radius 2 is 1.53 bits per heavy atom. The molecule has 1 aromatic heterocycles. The van der Waals surface area contributed by atoms with E-state index < -0.39 is 20.0 Å². The van der Waals surface area contributed by atoms with Crippen molar-refractivity contribution in [3.63, 3.8) is 0 Å². The fraction of sp³-hybridized carbons (Fsp3) is 0.304. The van der Waals surface area contributed by atoms with Crippen molar-refractivity contribution in [3.8, 4) is 0 Å². The SMILES string of the molecule is Cc1cc(S(=O)(=O)Nc2nnc(Sc3ccc(S(=O)(=O)N4CCCCC4)cc3)cc2C)c(Cl)cc1Cl. The third-order valence-corrected chi connectivity index (χ3v) is 10.7. The standard InChI is InChI=1S/C23H24Cl2N4O4S3/c1-15-12-21(20(25)14-19(15)24)35(30,31)28-23-16(2)13-22(26-27-23)34-17-6-8-18(9-7-17)36(32,33)29-10-4-3-5-11-29/h6-9,12-14H,3-5,10-11H2,1-2H3,(H,27,28). The molecule has 0 unspecified atom stereocenters. The lowest BCUT2D eigenvalue weighted by Crippen LogP contribution is -2.35. The number of aryl methyl sites for hydroxylation is 2. The maximum atomic E-state index is 12.9. The van der Waals surface area contributed by atoms with Gasteiger partial charge in [-0.2, -0.15) is 4.31 Å². The summed E-state index contributed by atoms with van der Waals surface area (Å²) in [6.07, 6.45) is 2.81. The van der Waals surface area contributed by atoms with Crippen molar-refractivity contribution in [2.24, 2.45) is 0 Å². The van der Waals surface area contributed by atoms with Crippen molar-refractivity contribution in [3.05, 3.63) is 63.6 Å². The fourth-order valence-corrected chi connectivity index (χ4v) is 7.93. The number of piperidine rings is 1. The van der Waals surface area contributed by atoms with E-state index in [0.717, 1.165) is 24.2 Å². The summed E-state index contributed by atoms with van der Waals surface area (Å²) in [5.41, 5.74) is 1.13. The second-order valence-corrected chi connectivity index (χ2v) is 13.9. The Morgan fingerprint density at radius 1 is 0.861 bits per heavy atom. The molecule has 0 amide bonds. The molecular weight excluding hydrogens is 563 g/mol. The molecule has 1 aliphatic heterocycles. The minimum Gasteiger partial charge on any atom is -0.262 e. The lowest BCUT2D eigenvalue weighted by Gasteiger charge is -2.25. The van der Waals surface area contributed by atoms with Gasteiger partial charge in [-0.25, -0.2) is 16.8 Å². The van der Waals surface area contributed by atoms with Crippen LogP contribution in [0.5, 0.6) is 0 Å². The van der Waals surface area contributed by atoms with Crippen LogP contribution in [0.2, 0.25) is 10.0 Å². The maximum Gasteiger partial charge on any atom is 0.264 e. The zero-order chi connectivity index (χ0) is 26.1. The summed E-state index contributed by atoms with van der Waals surface area (Å²) in [6, 6.07) is 11.1. The summed E-state index contributed by atoms with van der Waals surface area (Å²) in [5.74, 6) is 0.0750. The van der Waals surface area contributed by atoms with E-state index in [-0.39, 0.29) is 20.6 Å². The molecule has 2 heterocycles. The van der Waals surface area contributed by atoms with Crippen LogP contribution in [0.1, 0.15) is 30.4 Å². The predicted octanol–water partition coefficient (Wildman–Crippen LogP) is 5.53. The maximum absolute atomic E-state index is 12.9. The van der Waals surface area contributed by atoms with Crippen LogP contribution in [-0.4, -0.2) is 44.4 Å². The average molecular weight is 588 g/mol. The Morgan fingerprint density at radius 3 is 2.17 bits per heavy atom. The molecule has 1 saturated heterocycles. The normalized spacial score (nSPS) is 15.1. The molecule has 0 saturated carbocycles. The first-order chi connectivity index (χ1) is 17.0. The molecule has 8 nitrogen and oxygen atoms in total. The first kappa shape index (κ1) is 27.2. The van der Waals surface area contributed by atoms with Crippen molar-refractivity contribution < 1.29 is 16.8 Å². The van der Waals surface area contributed by atoms with Crippen LogP contribution in [0.25, 0.3) is 0 Å². The number of nitrogens with zero attached hydrogens (tertiary/aromatic N) is 3. The topological polar surface area (TPSA) is 109 Å². The first-order valence-electron chi connectivity index (χ1n) is 11.1. The fourth-order valence-electron chi connectivity index (χ4n) is 3.69. The van der Waals surface area contributed by atoms with E-state index >= 15 is 0 Å². The summed E-state index contributed by atoms with van der Waals surface area (Å²) >= 11 is 13.4. The number of sulfonamides is 2. The lowest BCUT2D eigenvalue weighted by molar-refractivity contribution is 0.346. The molecule has 0 aliphatic carbocycles. The van der Waals surface area contributed by atoms with E-state index in [2.05, 4.69) is 14.9 Å². The molecule has 4 rings (SSSR count). The Bertz CT molecular complexity index is 1490. The van der Waals surface area contributed by atoms with Crippen molar-refractivity contribution in [1.82, 2.24) is 14.5 Å². The van der Waals surface area contributed by atoms with E-state index in [0.29, 0.717) is 34.3 Å². The lowest BCUT2D eigenvalue weighted by atomic mass is 10.2. The summed E-state index contributed by atoms with van der Waals surface area (Å²) in [7, 11) is -7.51. The third kappa shape index (κ3) is 5.98. The minimum atomic E-state index is -4.02. The van der Waals surface area contributed by atoms with Gasteiger partial charge in [0.25, 0.3) is 10.0 Å². The average Bonchev–Trinajstić information content (AvgIpc) is 2.84. The summed E-state index contributed by atoms with van der Waals surface area (Å²) in [4.78, 5) is 0.931. The quantitative estimate of drug-likeness (QED) is 0.387. The number of hydrogen-bond donors (Lipinski definition) is 1. The number of aromatic nitrogens is 2. The number of hydrogen-bond acceptors (Lipinski definition) is 7. The van der Waals surface area contributed by atoms with Gasteiger partial charge >= 0.3 is 0 Å². The molecule has 1 N–H and O–H groups in total. The van der Waals surface area contributed by atoms with Crippen LogP contribution in [0.3, 0.4) is 0 Å². The molecule has 0 bridgehead atoms. The highest BCUT2D eigenvalue weighted by Crippen LogP contribution is 2.32. The second-order valence-electron chi connectivity index (χ2n) is 8.39. The number of halogens is 2. The van der Waals surface area contributed by atoms with Gasteiger partial charge in [0.1, 0.15) is 9.92 Å².